The van der Waals surface area contributed by atoms with E-state index in [0.29, 0.717) is 12.4 Å². The Morgan fingerprint density at radius 3 is 2.84 bits per heavy atom. The van der Waals surface area contributed by atoms with Crippen LogP contribution in [0.1, 0.15) is 18.2 Å². The van der Waals surface area contributed by atoms with Gasteiger partial charge in [0.25, 0.3) is 0 Å². The zero-order chi connectivity index (χ0) is 13.7. The number of benzene rings is 1. The summed E-state index contributed by atoms with van der Waals surface area (Å²) in [6.45, 7) is 2.37. The van der Waals surface area contributed by atoms with E-state index < -0.39 is 0 Å². The molecular weight excluding hydrogens is 242 g/mol. The summed E-state index contributed by atoms with van der Waals surface area (Å²) >= 11 is 0. The first-order valence-corrected chi connectivity index (χ1v) is 6.10. The number of nitrogens with zero attached hydrogens (tertiary/aromatic N) is 4. The minimum Gasteiger partial charge on any atom is -0.395 e. The van der Waals surface area contributed by atoms with Gasteiger partial charge < -0.3 is 10.4 Å². The Labute approximate surface area is 111 Å². The van der Waals surface area contributed by atoms with Gasteiger partial charge in [0.2, 0.25) is 5.69 Å². The van der Waals surface area contributed by atoms with Crippen molar-refractivity contribution >= 4 is 5.82 Å². The molecule has 2 rings (SSSR count). The largest absolute Gasteiger partial charge is 0.395 e. The third-order valence-corrected chi connectivity index (χ3v) is 2.71. The number of rotatable bonds is 5. The number of para-hydroxylation sites is 1. The van der Waals surface area contributed by atoms with Crippen molar-refractivity contribution in [1.82, 2.24) is 15.0 Å². The van der Waals surface area contributed by atoms with Crippen molar-refractivity contribution in [3.8, 4) is 11.8 Å². The van der Waals surface area contributed by atoms with Crippen LogP contribution in [0.4, 0.5) is 5.82 Å². The molecule has 0 bridgehead atoms. The highest BCUT2D eigenvalue weighted by Crippen LogP contribution is 2.16. The summed E-state index contributed by atoms with van der Waals surface area (Å²) in [5.41, 5.74) is 2.19. The van der Waals surface area contributed by atoms with Crippen molar-refractivity contribution in [3.05, 3.63) is 35.5 Å². The summed E-state index contributed by atoms with van der Waals surface area (Å²) in [6, 6.07) is 9.78. The number of aromatic nitrogens is 3. The van der Waals surface area contributed by atoms with E-state index in [-0.39, 0.29) is 12.3 Å². The molecule has 2 N–H and O–H groups in total. The van der Waals surface area contributed by atoms with Crippen molar-refractivity contribution in [2.24, 2.45) is 0 Å². The number of aryl methyl sites for hydroxylation is 1. The van der Waals surface area contributed by atoms with Crippen LogP contribution >= 0.6 is 0 Å². The molecule has 0 amide bonds. The Morgan fingerprint density at radius 2 is 2.16 bits per heavy atom. The number of anilines is 1. The minimum absolute atomic E-state index is 0.0245. The first-order valence-electron chi connectivity index (χ1n) is 6.10. The van der Waals surface area contributed by atoms with Crippen LogP contribution in [0.25, 0.3) is 5.69 Å². The minimum atomic E-state index is -0.0245. The average Bonchev–Trinajstić information content (AvgIpc) is 2.88. The van der Waals surface area contributed by atoms with E-state index in [1.54, 1.807) is 0 Å². The average molecular weight is 257 g/mol. The Morgan fingerprint density at radius 1 is 1.37 bits per heavy atom. The van der Waals surface area contributed by atoms with Crippen LogP contribution in [0.15, 0.2) is 24.3 Å². The molecule has 0 spiro atoms. The first kappa shape index (κ1) is 13.1. The summed E-state index contributed by atoms with van der Waals surface area (Å²) in [5, 5.41) is 29.1. The van der Waals surface area contributed by atoms with Gasteiger partial charge in [0.1, 0.15) is 6.07 Å². The molecule has 0 radical (unpaired) electrons. The lowest BCUT2D eigenvalue weighted by molar-refractivity contribution is 0.311. The van der Waals surface area contributed by atoms with Crippen molar-refractivity contribution < 1.29 is 5.11 Å². The van der Waals surface area contributed by atoms with Gasteiger partial charge in [-0.15, -0.1) is 15.0 Å². The zero-order valence-electron chi connectivity index (χ0n) is 10.7. The first-order chi connectivity index (χ1) is 9.30. The normalized spacial score (nSPS) is 10.2. The van der Waals surface area contributed by atoms with Gasteiger partial charge >= 0.3 is 0 Å². The maximum Gasteiger partial charge on any atom is 0.207 e. The Bertz CT molecular complexity index is 599. The van der Waals surface area contributed by atoms with Crippen molar-refractivity contribution in [3.63, 3.8) is 0 Å². The maximum atomic E-state index is 9.04. The number of hydrogen-bond donors (Lipinski definition) is 2. The molecule has 1 aromatic carbocycles. The highest BCUT2D eigenvalue weighted by molar-refractivity contribution is 5.48. The second kappa shape index (κ2) is 5.98. The zero-order valence-corrected chi connectivity index (χ0v) is 10.7. The molecule has 2 aromatic rings. The molecule has 0 aliphatic carbocycles. The molecular formula is C13H15N5O. The summed E-state index contributed by atoms with van der Waals surface area (Å²) in [5.74, 6) is 0.391. The molecule has 0 aliphatic rings. The summed E-state index contributed by atoms with van der Waals surface area (Å²) < 4.78 is 0. The molecule has 6 heteroatoms. The van der Waals surface area contributed by atoms with E-state index in [9.17, 15) is 0 Å². The van der Waals surface area contributed by atoms with Crippen molar-refractivity contribution in [1.29, 1.82) is 5.26 Å². The SMILES string of the molecule is CCc1ccccc1-n1nc(C#N)c(NCCO)n1. The molecule has 0 aliphatic heterocycles. The molecule has 1 aromatic heterocycles. The number of hydrogen-bond acceptors (Lipinski definition) is 5. The number of nitrogens with one attached hydrogen (secondary N) is 1. The highest BCUT2D eigenvalue weighted by atomic mass is 16.3. The van der Waals surface area contributed by atoms with Crippen LogP contribution in [0.3, 0.4) is 0 Å². The van der Waals surface area contributed by atoms with Crippen LogP contribution in [-0.4, -0.2) is 33.3 Å². The lowest BCUT2D eigenvalue weighted by Crippen LogP contribution is -2.07. The van der Waals surface area contributed by atoms with E-state index in [1.807, 2.05) is 30.3 Å². The third kappa shape index (κ3) is 2.72. The van der Waals surface area contributed by atoms with Gasteiger partial charge in [-0.3, -0.25) is 0 Å². The van der Waals surface area contributed by atoms with Crippen LogP contribution in [0, 0.1) is 11.3 Å². The van der Waals surface area contributed by atoms with E-state index in [0.717, 1.165) is 17.7 Å². The van der Waals surface area contributed by atoms with Crippen molar-refractivity contribution in [2.75, 3.05) is 18.5 Å². The summed E-state index contributed by atoms with van der Waals surface area (Å²) in [7, 11) is 0. The molecule has 0 atom stereocenters. The van der Waals surface area contributed by atoms with E-state index in [2.05, 4.69) is 22.4 Å². The molecule has 19 heavy (non-hydrogen) atoms. The molecule has 0 unspecified atom stereocenters. The predicted octanol–water partition coefficient (Wildman–Crippen LogP) is 1.11. The lowest BCUT2D eigenvalue weighted by Gasteiger charge is -2.05. The summed E-state index contributed by atoms with van der Waals surface area (Å²) in [4.78, 5) is 1.46. The monoisotopic (exact) mass is 257 g/mol. The second-order valence-corrected chi connectivity index (χ2v) is 3.93. The fourth-order valence-electron chi connectivity index (χ4n) is 1.79. The van der Waals surface area contributed by atoms with Gasteiger partial charge in [0.15, 0.2) is 5.82 Å². The molecule has 0 saturated heterocycles. The quantitative estimate of drug-likeness (QED) is 0.837. The van der Waals surface area contributed by atoms with Gasteiger partial charge in [0, 0.05) is 6.54 Å². The van der Waals surface area contributed by atoms with Crippen LogP contribution < -0.4 is 5.32 Å². The van der Waals surface area contributed by atoms with Gasteiger partial charge in [-0.25, -0.2) is 0 Å². The standard InChI is InChI=1S/C13H15N5O/c1-2-10-5-3-4-6-12(10)18-16-11(9-14)13(17-18)15-7-8-19/h3-6,19H,2,7-8H2,1H3,(H,15,17). The van der Waals surface area contributed by atoms with Crippen LogP contribution in [-0.2, 0) is 6.42 Å². The third-order valence-electron chi connectivity index (χ3n) is 2.71. The fourth-order valence-corrected chi connectivity index (χ4v) is 1.79. The van der Waals surface area contributed by atoms with Gasteiger partial charge in [-0.2, -0.15) is 5.26 Å². The Kier molecular flexibility index (Phi) is 4.11. The topological polar surface area (TPSA) is 86.8 Å². The molecule has 1 heterocycles. The van der Waals surface area contributed by atoms with Gasteiger partial charge in [0.05, 0.1) is 12.3 Å². The van der Waals surface area contributed by atoms with E-state index >= 15 is 0 Å². The van der Waals surface area contributed by atoms with E-state index in [4.69, 9.17) is 10.4 Å². The molecule has 0 saturated carbocycles. The van der Waals surface area contributed by atoms with Gasteiger partial charge in [-0.05, 0) is 18.1 Å². The predicted molar refractivity (Wildman–Crippen MR) is 71.0 cm³/mol. The molecule has 0 fully saturated rings. The van der Waals surface area contributed by atoms with E-state index in [1.165, 1.54) is 4.80 Å². The fraction of sp³-hybridized carbons (Fsp3) is 0.308. The lowest BCUT2D eigenvalue weighted by atomic mass is 10.1. The number of aliphatic hydroxyl groups is 1. The Hall–Kier alpha value is -2.39. The second-order valence-electron chi connectivity index (χ2n) is 3.93. The van der Waals surface area contributed by atoms with Crippen LogP contribution in [0.2, 0.25) is 0 Å². The smallest absolute Gasteiger partial charge is 0.207 e. The maximum absolute atomic E-state index is 9.04. The van der Waals surface area contributed by atoms with Gasteiger partial charge in [-0.1, -0.05) is 25.1 Å². The Balaban J connectivity index is 2.40. The van der Waals surface area contributed by atoms with Crippen molar-refractivity contribution in [2.45, 2.75) is 13.3 Å². The van der Waals surface area contributed by atoms with Crippen LogP contribution in [0.5, 0.6) is 0 Å². The highest BCUT2D eigenvalue weighted by Gasteiger charge is 2.12. The summed E-state index contributed by atoms with van der Waals surface area (Å²) in [6.07, 6.45) is 0.860. The molecule has 6 nitrogen and oxygen atoms in total. The number of aliphatic hydroxyl groups excluding tert-OH is 1. The number of nitriles is 1. The molecule has 98 valence electrons.